The molecule has 7 heteroatoms. The Labute approximate surface area is 179 Å². The van der Waals surface area contributed by atoms with Crippen molar-refractivity contribution in [1.29, 1.82) is 0 Å². The second-order valence-corrected chi connectivity index (χ2v) is 6.72. The quantitative estimate of drug-likeness (QED) is 0.668. The Balaban J connectivity index is 0.00000196. The Morgan fingerprint density at radius 3 is 2.57 bits per heavy atom. The van der Waals surface area contributed by atoms with Crippen LogP contribution in [0.2, 0.25) is 0 Å². The highest BCUT2D eigenvalue weighted by atomic mass is 35.5. The number of hydrogen-bond donors (Lipinski definition) is 2. The smallest absolute Gasteiger partial charge is 0.220 e. The van der Waals surface area contributed by atoms with Crippen molar-refractivity contribution < 1.29 is 9.53 Å². The summed E-state index contributed by atoms with van der Waals surface area (Å²) >= 11 is 0. The van der Waals surface area contributed by atoms with Gasteiger partial charge in [0.15, 0.2) is 0 Å². The Bertz CT molecular complexity index is 716. The molecule has 1 aliphatic heterocycles. The third-order valence-corrected chi connectivity index (χ3v) is 4.68. The largest absolute Gasteiger partial charge is 0.399 e. The minimum absolute atomic E-state index is 0. The van der Waals surface area contributed by atoms with Gasteiger partial charge in [0.05, 0.1) is 12.7 Å². The van der Waals surface area contributed by atoms with Crippen LogP contribution in [0.1, 0.15) is 17.5 Å². The lowest BCUT2D eigenvalue weighted by Gasteiger charge is -2.33. The van der Waals surface area contributed by atoms with Gasteiger partial charge in [-0.1, -0.05) is 48.5 Å². The van der Waals surface area contributed by atoms with E-state index in [-0.39, 0.29) is 36.8 Å². The molecule has 2 aromatic carbocycles. The molecule has 1 aliphatic rings. The summed E-state index contributed by atoms with van der Waals surface area (Å²) in [6.07, 6.45) is 1.14. The highest BCUT2D eigenvalue weighted by Gasteiger charge is 2.21. The molecule has 0 aromatic heterocycles. The third kappa shape index (κ3) is 7.68. The van der Waals surface area contributed by atoms with E-state index in [0.717, 1.165) is 30.9 Å². The van der Waals surface area contributed by atoms with Crippen LogP contribution in [0.25, 0.3) is 0 Å². The zero-order chi connectivity index (χ0) is 18.2. The lowest BCUT2D eigenvalue weighted by Crippen LogP contribution is -2.47. The molecule has 3 rings (SSSR count). The van der Waals surface area contributed by atoms with Crippen LogP contribution in [0.4, 0.5) is 5.69 Å². The number of morpholine rings is 1. The third-order valence-electron chi connectivity index (χ3n) is 4.68. The highest BCUT2D eigenvalue weighted by Crippen LogP contribution is 2.13. The molecule has 28 heavy (non-hydrogen) atoms. The van der Waals surface area contributed by atoms with E-state index >= 15 is 0 Å². The monoisotopic (exact) mass is 425 g/mol. The van der Waals surface area contributed by atoms with Gasteiger partial charge in [-0.05, 0) is 23.6 Å². The number of carbonyl (C=O) groups excluding carboxylic acids is 1. The summed E-state index contributed by atoms with van der Waals surface area (Å²) in [5, 5.41) is 3.00. The van der Waals surface area contributed by atoms with E-state index in [0.29, 0.717) is 26.0 Å². The van der Waals surface area contributed by atoms with Gasteiger partial charge < -0.3 is 15.8 Å². The van der Waals surface area contributed by atoms with Crippen molar-refractivity contribution >= 4 is 36.4 Å². The van der Waals surface area contributed by atoms with Crippen molar-refractivity contribution in [2.75, 3.05) is 32.0 Å². The van der Waals surface area contributed by atoms with E-state index < -0.39 is 0 Å². The standard InChI is InChI=1S/C21H27N3O2.2ClH/c22-20-9-5-4-8-18(20)10-11-21(25)23-14-19-16-24(12-13-26-19)15-17-6-2-1-3-7-17;;/h1-9,19H,10-16,22H2,(H,23,25);2*1H. The average molecular weight is 426 g/mol. The number of carbonyl (C=O) groups is 1. The maximum atomic E-state index is 12.1. The first kappa shape index (κ1) is 24.2. The molecule has 0 spiro atoms. The molecule has 5 nitrogen and oxygen atoms in total. The molecule has 1 amide bonds. The predicted molar refractivity (Wildman–Crippen MR) is 118 cm³/mol. The molecule has 1 atom stereocenters. The molecule has 2 aromatic rings. The number of para-hydroxylation sites is 1. The van der Waals surface area contributed by atoms with E-state index in [1.807, 2.05) is 30.3 Å². The zero-order valence-electron chi connectivity index (χ0n) is 15.9. The van der Waals surface area contributed by atoms with Gasteiger partial charge >= 0.3 is 0 Å². The molecule has 1 fully saturated rings. The molecule has 0 saturated carbocycles. The maximum absolute atomic E-state index is 12.1. The van der Waals surface area contributed by atoms with Gasteiger partial charge in [0.2, 0.25) is 5.91 Å². The SMILES string of the molecule is Cl.Cl.Nc1ccccc1CCC(=O)NCC1CN(Cc2ccccc2)CCO1. The van der Waals surface area contributed by atoms with Crippen molar-refractivity contribution in [2.24, 2.45) is 0 Å². The van der Waals surface area contributed by atoms with Gasteiger partial charge in [0, 0.05) is 38.3 Å². The number of nitrogen functional groups attached to an aromatic ring is 1. The first-order chi connectivity index (χ1) is 12.7. The van der Waals surface area contributed by atoms with Crippen LogP contribution in [-0.4, -0.2) is 43.2 Å². The fourth-order valence-corrected chi connectivity index (χ4v) is 3.22. The summed E-state index contributed by atoms with van der Waals surface area (Å²) in [6.45, 7) is 3.93. The van der Waals surface area contributed by atoms with Crippen LogP contribution >= 0.6 is 24.8 Å². The summed E-state index contributed by atoms with van der Waals surface area (Å²) < 4.78 is 5.80. The fraction of sp³-hybridized carbons (Fsp3) is 0.381. The Morgan fingerprint density at radius 2 is 1.82 bits per heavy atom. The van der Waals surface area contributed by atoms with Gasteiger partial charge in [-0.25, -0.2) is 0 Å². The molecule has 0 radical (unpaired) electrons. The lowest BCUT2D eigenvalue weighted by atomic mass is 10.1. The van der Waals surface area contributed by atoms with E-state index in [9.17, 15) is 4.79 Å². The van der Waals surface area contributed by atoms with Crippen LogP contribution in [0, 0.1) is 0 Å². The van der Waals surface area contributed by atoms with Gasteiger partial charge in [0.1, 0.15) is 0 Å². The summed E-state index contributed by atoms with van der Waals surface area (Å²) in [7, 11) is 0. The number of rotatable bonds is 7. The molecule has 0 bridgehead atoms. The first-order valence-electron chi connectivity index (χ1n) is 9.18. The van der Waals surface area contributed by atoms with Crippen molar-refractivity contribution in [3.63, 3.8) is 0 Å². The molecule has 154 valence electrons. The van der Waals surface area contributed by atoms with Crippen LogP contribution in [-0.2, 0) is 22.5 Å². The molecular weight excluding hydrogens is 397 g/mol. The number of hydrogen-bond acceptors (Lipinski definition) is 4. The van der Waals surface area contributed by atoms with Gasteiger partial charge in [0.25, 0.3) is 0 Å². The van der Waals surface area contributed by atoms with Crippen molar-refractivity contribution in [3.8, 4) is 0 Å². The van der Waals surface area contributed by atoms with Crippen LogP contribution in [0.5, 0.6) is 0 Å². The molecule has 1 unspecified atom stereocenters. The van der Waals surface area contributed by atoms with Crippen molar-refractivity contribution in [3.05, 3.63) is 65.7 Å². The summed E-state index contributed by atoms with van der Waals surface area (Å²) in [6, 6.07) is 18.1. The van der Waals surface area contributed by atoms with E-state index in [2.05, 4.69) is 34.5 Å². The number of ether oxygens (including phenoxy) is 1. The van der Waals surface area contributed by atoms with Gasteiger partial charge in [-0.15, -0.1) is 24.8 Å². The second kappa shape index (κ2) is 12.6. The predicted octanol–water partition coefficient (Wildman–Crippen LogP) is 3.06. The maximum Gasteiger partial charge on any atom is 0.220 e. The topological polar surface area (TPSA) is 67.6 Å². The number of aryl methyl sites for hydroxylation is 1. The summed E-state index contributed by atoms with van der Waals surface area (Å²) in [5.74, 6) is 0.0389. The first-order valence-corrected chi connectivity index (χ1v) is 9.18. The van der Waals surface area contributed by atoms with E-state index in [4.69, 9.17) is 10.5 Å². The lowest BCUT2D eigenvalue weighted by molar-refractivity contribution is -0.122. The van der Waals surface area contributed by atoms with Crippen LogP contribution < -0.4 is 11.1 Å². The number of amides is 1. The number of halogens is 2. The molecule has 1 saturated heterocycles. The Hall–Kier alpha value is -1.79. The van der Waals surface area contributed by atoms with Crippen molar-refractivity contribution in [2.45, 2.75) is 25.5 Å². The van der Waals surface area contributed by atoms with Gasteiger partial charge in [-0.2, -0.15) is 0 Å². The minimum Gasteiger partial charge on any atom is -0.399 e. The fourth-order valence-electron chi connectivity index (χ4n) is 3.22. The van der Waals surface area contributed by atoms with E-state index in [1.54, 1.807) is 0 Å². The number of nitrogens with two attached hydrogens (primary N) is 1. The summed E-state index contributed by atoms with van der Waals surface area (Å²) in [5.41, 5.74) is 8.98. The zero-order valence-corrected chi connectivity index (χ0v) is 17.5. The van der Waals surface area contributed by atoms with Crippen LogP contribution in [0.3, 0.4) is 0 Å². The van der Waals surface area contributed by atoms with Gasteiger partial charge in [-0.3, -0.25) is 9.69 Å². The molecular formula is C21H29Cl2N3O2. The molecule has 0 aliphatic carbocycles. The average Bonchev–Trinajstić information content (AvgIpc) is 2.67. The minimum atomic E-state index is 0. The molecule has 1 heterocycles. The molecule has 3 N–H and O–H groups in total. The number of benzene rings is 2. The van der Waals surface area contributed by atoms with Crippen LogP contribution in [0.15, 0.2) is 54.6 Å². The Morgan fingerprint density at radius 1 is 1.11 bits per heavy atom. The normalized spacial score (nSPS) is 16.5. The number of nitrogens with zero attached hydrogens (tertiary/aromatic N) is 1. The second-order valence-electron chi connectivity index (χ2n) is 6.72. The Kier molecular flexibility index (Phi) is 10.9. The number of anilines is 1. The number of nitrogens with one attached hydrogen (secondary N) is 1. The van der Waals surface area contributed by atoms with Crippen molar-refractivity contribution in [1.82, 2.24) is 10.2 Å². The van der Waals surface area contributed by atoms with E-state index in [1.165, 1.54) is 5.56 Å². The summed E-state index contributed by atoms with van der Waals surface area (Å²) in [4.78, 5) is 14.5. The highest BCUT2D eigenvalue weighted by molar-refractivity contribution is 5.85.